The van der Waals surface area contributed by atoms with Gasteiger partial charge < -0.3 is 5.73 Å². The highest BCUT2D eigenvalue weighted by Gasteiger charge is 2.23. The minimum absolute atomic E-state index is 0.0801. The van der Waals surface area contributed by atoms with Gasteiger partial charge in [-0.2, -0.15) is 5.10 Å². The summed E-state index contributed by atoms with van der Waals surface area (Å²) in [5.41, 5.74) is 6.40. The van der Waals surface area contributed by atoms with Crippen LogP contribution in [0.5, 0.6) is 0 Å². The molecule has 3 aromatic rings. The molecule has 0 bridgehead atoms. The second-order valence-electron chi connectivity index (χ2n) is 6.10. The third kappa shape index (κ3) is 3.98. The molecule has 0 saturated heterocycles. The van der Waals surface area contributed by atoms with Gasteiger partial charge in [0.25, 0.3) is 5.56 Å². The van der Waals surface area contributed by atoms with Gasteiger partial charge in [-0.05, 0) is 36.8 Å². The molecule has 8 heteroatoms. The summed E-state index contributed by atoms with van der Waals surface area (Å²) in [6, 6.07) is 13.5. The second-order valence-corrected chi connectivity index (χ2v) is 6.97. The summed E-state index contributed by atoms with van der Waals surface area (Å²) in [5, 5.41) is 5.36. The lowest BCUT2D eigenvalue weighted by Crippen LogP contribution is -2.34. The number of hydrogen-bond donors (Lipinski definition) is 1. The van der Waals surface area contributed by atoms with Gasteiger partial charge in [0, 0.05) is 21.2 Å². The zero-order chi connectivity index (χ0) is 20.4. The Morgan fingerprint density at radius 1 is 0.964 bits per heavy atom. The van der Waals surface area contributed by atoms with Gasteiger partial charge in [0.05, 0.1) is 11.3 Å². The number of ketones is 1. The number of benzene rings is 2. The van der Waals surface area contributed by atoms with Crippen molar-refractivity contribution in [1.29, 1.82) is 0 Å². The molecule has 1 aromatic heterocycles. The second kappa shape index (κ2) is 7.96. The van der Waals surface area contributed by atoms with Crippen molar-refractivity contribution in [3.63, 3.8) is 0 Å². The van der Waals surface area contributed by atoms with Crippen LogP contribution >= 0.6 is 23.2 Å². The maximum atomic E-state index is 12.9. The molecular weight excluding hydrogens is 401 g/mol. The lowest BCUT2D eigenvalue weighted by Gasteiger charge is -2.16. The summed E-state index contributed by atoms with van der Waals surface area (Å²) >= 11 is 11.9. The number of halogens is 2. The molecule has 6 nitrogen and oxygen atoms in total. The van der Waals surface area contributed by atoms with Gasteiger partial charge in [-0.25, -0.2) is 4.68 Å². The normalized spacial score (nSPS) is 10.7. The van der Waals surface area contributed by atoms with Crippen molar-refractivity contribution >= 4 is 34.9 Å². The SMILES string of the molecule is CC(=O)c1c(-c2ccc(Cl)cc2)c(-c2ccc(Cl)cc2)nn(CC(N)=O)c1=O. The molecule has 0 aliphatic carbocycles. The Morgan fingerprint density at radius 2 is 1.46 bits per heavy atom. The van der Waals surface area contributed by atoms with Gasteiger partial charge in [0.15, 0.2) is 5.78 Å². The fourth-order valence-electron chi connectivity index (χ4n) is 2.86. The number of primary amides is 1. The Balaban J connectivity index is 2.42. The smallest absolute Gasteiger partial charge is 0.278 e. The van der Waals surface area contributed by atoms with Crippen molar-refractivity contribution in [3.05, 3.63) is 74.5 Å². The molecule has 0 aliphatic rings. The zero-order valence-electron chi connectivity index (χ0n) is 14.8. The van der Waals surface area contributed by atoms with Crippen LogP contribution in [-0.4, -0.2) is 21.5 Å². The predicted molar refractivity (Wildman–Crippen MR) is 109 cm³/mol. The summed E-state index contributed by atoms with van der Waals surface area (Å²) in [6.45, 7) is 0.844. The molecule has 3 rings (SSSR count). The van der Waals surface area contributed by atoms with Crippen LogP contribution in [0.4, 0.5) is 0 Å². The van der Waals surface area contributed by atoms with Crippen LogP contribution in [0.25, 0.3) is 22.4 Å². The molecule has 0 spiro atoms. The lowest BCUT2D eigenvalue weighted by molar-refractivity contribution is -0.118. The number of aromatic nitrogens is 2. The predicted octanol–water partition coefficient (Wildman–Crippen LogP) is 3.57. The quantitative estimate of drug-likeness (QED) is 0.644. The highest BCUT2D eigenvalue weighted by Crippen LogP contribution is 2.33. The van der Waals surface area contributed by atoms with E-state index in [4.69, 9.17) is 28.9 Å². The van der Waals surface area contributed by atoms with Gasteiger partial charge in [-0.3, -0.25) is 14.4 Å². The van der Waals surface area contributed by atoms with E-state index in [1.54, 1.807) is 48.5 Å². The van der Waals surface area contributed by atoms with Gasteiger partial charge in [0.1, 0.15) is 6.54 Å². The third-order valence-electron chi connectivity index (χ3n) is 4.06. The number of nitrogens with zero attached hydrogens (tertiary/aromatic N) is 2. The average molecular weight is 416 g/mol. The number of Topliss-reactive ketones (excluding diaryl/α,β-unsaturated/α-hetero) is 1. The summed E-state index contributed by atoms with van der Waals surface area (Å²) in [7, 11) is 0. The van der Waals surface area contributed by atoms with Gasteiger partial charge in [-0.1, -0.05) is 47.5 Å². The first-order chi connectivity index (χ1) is 13.3. The Labute approximate surface area is 170 Å². The van der Waals surface area contributed by atoms with Crippen molar-refractivity contribution in [3.8, 4) is 22.4 Å². The van der Waals surface area contributed by atoms with Gasteiger partial charge in [0.2, 0.25) is 5.91 Å². The standard InChI is InChI=1S/C20H15Cl2N3O3/c1-11(26)17-18(12-2-6-14(21)7-3-12)19(13-4-8-15(22)9-5-13)24-25(20(17)28)10-16(23)27/h2-9H,10H2,1H3,(H2,23,27). The maximum Gasteiger partial charge on any atom is 0.278 e. The van der Waals surface area contributed by atoms with E-state index in [0.29, 0.717) is 32.4 Å². The summed E-state index contributed by atoms with van der Waals surface area (Å²) < 4.78 is 0.905. The molecule has 0 fully saturated rings. The first-order valence-electron chi connectivity index (χ1n) is 8.24. The average Bonchev–Trinajstić information content (AvgIpc) is 2.64. The lowest BCUT2D eigenvalue weighted by atomic mass is 9.94. The molecule has 0 unspecified atom stereocenters. The van der Waals surface area contributed by atoms with E-state index in [-0.39, 0.29) is 5.56 Å². The number of carbonyl (C=O) groups excluding carboxylic acids is 2. The van der Waals surface area contributed by atoms with E-state index in [1.165, 1.54) is 6.92 Å². The van der Waals surface area contributed by atoms with Crippen molar-refractivity contribution in [2.45, 2.75) is 13.5 Å². The highest BCUT2D eigenvalue weighted by atomic mass is 35.5. The fourth-order valence-corrected chi connectivity index (χ4v) is 3.11. The van der Waals surface area contributed by atoms with E-state index < -0.39 is 23.8 Å². The van der Waals surface area contributed by atoms with Crippen LogP contribution in [-0.2, 0) is 11.3 Å². The topological polar surface area (TPSA) is 95.0 Å². The molecule has 0 aliphatic heterocycles. The summed E-state index contributed by atoms with van der Waals surface area (Å²) in [5.74, 6) is -1.20. The van der Waals surface area contributed by atoms with E-state index in [2.05, 4.69) is 5.10 Å². The molecule has 2 aromatic carbocycles. The molecule has 0 saturated carbocycles. The Morgan fingerprint density at radius 3 is 1.93 bits per heavy atom. The first-order valence-corrected chi connectivity index (χ1v) is 8.99. The van der Waals surface area contributed by atoms with E-state index in [0.717, 1.165) is 4.68 Å². The minimum Gasteiger partial charge on any atom is -0.368 e. The van der Waals surface area contributed by atoms with Crippen LogP contribution in [0, 0.1) is 0 Å². The number of hydrogen-bond acceptors (Lipinski definition) is 4. The monoisotopic (exact) mass is 415 g/mol. The van der Waals surface area contributed by atoms with Crippen LogP contribution in [0.15, 0.2) is 53.3 Å². The molecule has 0 radical (unpaired) electrons. The Kier molecular flexibility index (Phi) is 5.63. The van der Waals surface area contributed by atoms with Crippen LogP contribution < -0.4 is 11.3 Å². The molecule has 2 N–H and O–H groups in total. The van der Waals surface area contributed by atoms with Gasteiger partial charge in [-0.15, -0.1) is 0 Å². The van der Waals surface area contributed by atoms with Crippen molar-refractivity contribution in [2.75, 3.05) is 0 Å². The Hall–Kier alpha value is -2.96. The molecule has 142 valence electrons. The molecule has 28 heavy (non-hydrogen) atoms. The summed E-state index contributed by atoms with van der Waals surface area (Å²) in [4.78, 5) is 36.7. The number of nitrogens with two attached hydrogens (primary N) is 1. The zero-order valence-corrected chi connectivity index (χ0v) is 16.3. The number of rotatable bonds is 5. The molecular formula is C20H15Cl2N3O3. The number of carbonyl (C=O) groups is 2. The van der Waals surface area contributed by atoms with Crippen molar-refractivity contribution < 1.29 is 9.59 Å². The van der Waals surface area contributed by atoms with E-state index in [1.807, 2.05) is 0 Å². The van der Waals surface area contributed by atoms with Crippen LogP contribution in [0.3, 0.4) is 0 Å². The van der Waals surface area contributed by atoms with E-state index >= 15 is 0 Å². The van der Waals surface area contributed by atoms with Gasteiger partial charge >= 0.3 is 0 Å². The Bertz CT molecular complexity index is 1120. The van der Waals surface area contributed by atoms with E-state index in [9.17, 15) is 14.4 Å². The first kappa shape index (κ1) is 19.8. The summed E-state index contributed by atoms with van der Waals surface area (Å²) in [6.07, 6.45) is 0. The minimum atomic E-state index is -0.745. The van der Waals surface area contributed by atoms with Crippen LogP contribution in [0.1, 0.15) is 17.3 Å². The number of amides is 1. The maximum absolute atomic E-state index is 12.9. The van der Waals surface area contributed by atoms with Crippen molar-refractivity contribution in [2.24, 2.45) is 5.73 Å². The fraction of sp³-hybridized carbons (Fsp3) is 0.100. The third-order valence-corrected chi connectivity index (χ3v) is 4.57. The largest absolute Gasteiger partial charge is 0.368 e. The molecule has 1 amide bonds. The molecule has 1 heterocycles. The highest BCUT2D eigenvalue weighted by molar-refractivity contribution is 6.31. The molecule has 0 atom stereocenters. The van der Waals surface area contributed by atoms with Crippen molar-refractivity contribution in [1.82, 2.24) is 9.78 Å². The van der Waals surface area contributed by atoms with Crippen LogP contribution in [0.2, 0.25) is 10.0 Å².